The van der Waals surface area contributed by atoms with Gasteiger partial charge in [-0.15, -0.1) is 10.1 Å². The number of piperidine rings is 1. The first-order chi connectivity index (χ1) is 19.5. The molecule has 0 unspecified atom stereocenters. The second-order valence-electron chi connectivity index (χ2n) is 10.2. The lowest BCUT2D eigenvalue weighted by atomic mass is 9.84. The minimum atomic E-state index is -1.04. The lowest BCUT2D eigenvalue weighted by Gasteiger charge is -2.26. The predicted molar refractivity (Wildman–Crippen MR) is 154 cm³/mol. The number of esters is 1. The Morgan fingerprint density at radius 2 is 1.76 bits per heavy atom. The molecule has 218 valence electrons. The van der Waals surface area contributed by atoms with Gasteiger partial charge in [-0.1, -0.05) is 53.9 Å². The minimum absolute atomic E-state index is 0.246. The highest BCUT2D eigenvalue weighted by Crippen LogP contribution is 2.34. The van der Waals surface area contributed by atoms with Crippen molar-refractivity contribution in [2.45, 2.75) is 45.4 Å². The summed E-state index contributed by atoms with van der Waals surface area (Å²) in [7, 11) is 0. The maximum absolute atomic E-state index is 13.3. The minimum Gasteiger partial charge on any atom is -0.463 e. The Bertz CT molecular complexity index is 1430. The van der Waals surface area contributed by atoms with Gasteiger partial charge in [0.2, 0.25) is 0 Å². The number of hydrogen-bond acceptors (Lipinski definition) is 8. The molecular weight excluding hydrogens is 573 g/mol. The van der Waals surface area contributed by atoms with Gasteiger partial charge in [-0.25, -0.2) is 9.69 Å². The summed E-state index contributed by atoms with van der Waals surface area (Å²) in [4.78, 5) is 40.6. The van der Waals surface area contributed by atoms with Gasteiger partial charge in [0.1, 0.15) is 13.2 Å². The first kappa shape index (κ1) is 30.3. The fourth-order valence-corrected chi connectivity index (χ4v) is 5.16. The second kappa shape index (κ2) is 12.9. The number of aromatic nitrogens is 2. The molecule has 2 heterocycles. The number of halogens is 2. The van der Waals surface area contributed by atoms with Crippen molar-refractivity contribution < 1.29 is 24.3 Å². The quantitative estimate of drug-likeness (QED) is 0.143. The van der Waals surface area contributed by atoms with Crippen LogP contribution in [-0.2, 0) is 19.8 Å². The van der Waals surface area contributed by atoms with Crippen LogP contribution in [-0.4, -0.2) is 58.1 Å². The first-order valence-electron chi connectivity index (χ1n) is 13.2. The Balaban J connectivity index is 1.66. The van der Waals surface area contributed by atoms with E-state index in [2.05, 4.69) is 15.4 Å². The summed E-state index contributed by atoms with van der Waals surface area (Å²) in [5.41, 5.74) is 5.47. The third kappa shape index (κ3) is 6.98. The molecule has 0 radical (unpaired) electrons. The Morgan fingerprint density at radius 3 is 2.39 bits per heavy atom. The lowest BCUT2D eigenvalue weighted by Crippen LogP contribution is -2.45. The van der Waals surface area contributed by atoms with Crippen molar-refractivity contribution in [3.05, 3.63) is 79.4 Å². The summed E-state index contributed by atoms with van der Waals surface area (Å²) < 4.78 is 6.81. The summed E-state index contributed by atoms with van der Waals surface area (Å²) in [5.74, 6) is -0.862. The molecule has 0 spiro atoms. The number of ether oxygens (including phenoxy) is 1. The van der Waals surface area contributed by atoms with Crippen LogP contribution in [0.15, 0.2) is 42.5 Å². The van der Waals surface area contributed by atoms with E-state index in [9.17, 15) is 19.7 Å². The van der Waals surface area contributed by atoms with Crippen molar-refractivity contribution in [3.8, 4) is 16.9 Å². The normalized spacial score (nSPS) is 14.0. The van der Waals surface area contributed by atoms with Crippen LogP contribution in [0.25, 0.3) is 16.9 Å². The fraction of sp³-hybridized carbons (Fsp3) is 0.393. The molecule has 0 saturated carbocycles. The molecular formula is C28H31Cl2N5O6. The maximum Gasteiger partial charge on any atom is 0.316 e. The van der Waals surface area contributed by atoms with E-state index in [4.69, 9.17) is 27.9 Å². The van der Waals surface area contributed by atoms with Crippen LogP contribution < -0.4 is 5.43 Å². The largest absolute Gasteiger partial charge is 0.463 e. The van der Waals surface area contributed by atoms with Crippen molar-refractivity contribution in [1.29, 1.82) is 0 Å². The molecule has 1 fully saturated rings. The molecule has 0 aliphatic carbocycles. The van der Waals surface area contributed by atoms with Gasteiger partial charge < -0.3 is 9.57 Å². The summed E-state index contributed by atoms with van der Waals surface area (Å²) in [6.45, 7) is 6.20. The van der Waals surface area contributed by atoms with Crippen LogP contribution in [0.3, 0.4) is 0 Å². The van der Waals surface area contributed by atoms with Crippen LogP contribution in [0.5, 0.6) is 0 Å². The molecule has 41 heavy (non-hydrogen) atoms. The van der Waals surface area contributed by atoms with Crippen molar-refractivity contribution in [3.63, 3.8) is 0 Å². The lowest BCUT2D eigenvalue weighted by molar-refractivity contribution is -0.757. The van der Waals surface area contributed by atoms with Crippen molar-refractivity contribution in [1.82, 2.24) is 20.2 Å². The van der Waals surface area contributed by atoms with Gasteiger partial charge in [0.25, 0.3) is 11.0 Å². The van der Waals surface area contributed by atoms with E-state index >= 15 is 0 Å². The van der Waals surface area contributed by atoms with Crippen molar-refractivity contribution in [2.24, 2.45) is 0 Å². The zero-order chi connectivity index (χ0) is 29.7. The highest BCUT2D eigenvalue weighted by Gasteiger charge is 2.32. The molecule has 0 bridgehead atoms. The Kier molecular flexibility index (Phi) is 9.52. The molecule has 1 aliphatic heterocycles. The zero-order valence-corrected chi connectivity index (χ0v) is 24.5. The highest BCUT2D eigenvalue weighted by atomic mass is 35.5. The smallest absolute Gasteiger partial charge is 0.316 e. The number of benzene rings is 2. The van der Waals surface area contributed by atoms with Gasteiger partial charge in [-0.05, 0) is 57.4 Å². The summed E-state index contributed by atoms with van der Waals surface area (Å²) >= 11 is 12.7. The van der Waals surface area contributed by atoms with Crippen LogP contribution in [0.1, 0.15) is 54.7 Å². The average Bonchev–Trinajstić information content (AvgIpc) is 3.28. The van der Waals surface area contributed by atoms with E-state index < -0.39 is 16.5 Å². The molecule has 1 amide bonds. The highest BCUT2D eigenvalue weighted by molar-refractivity contribution is 6.35. The second-order valence-corrected chi connectivity index (χ2v) is 11.1. The van der Waals surface area contributed by atoms with Gasteiger partial charge in [0, 0.05) is 29.2 Å². The Labute approximate surface area is 247 Å². The summed E-state index contributed by atoms with van der Waals surface area (Å²) in [5, 5.41) is 16.8. The van der Waals surface area contributed by atoms with Crippen molar-refractivity contribution >= 4 is 35.1 Å². The molecule has 0 atom stereocenters. The molecule has 13 heteroatoms. The third-order valence-corrected chi connectivity index (χ3v) is 7.53. The Morgan fingerprint density at radius 1 is 1.07 bits per heavy atom. The SMILES string of the molecule is Cc1c(C(=O)NN2CCCCC2)nn(-c2ccc(Cl)cc2Cl)c1-c1ccc(C(C)(C)C(=O)OCCO[N+](=O)[O-])cc1. The van der Waals surface area contributed by atoms with E-state index in [0.29, 0.717) is 32.6 Å². The number of carbonyl (C=O) groups excluding carboxylic acids is 2. The van der Waals surface area contributed by atoms with Crippen LogP contribution in [0.4, 0.5) is 0 Å². The molecule has 1 aliphatic rings. The third-order valence-electron chi connectivity index (χ3n) is 6.99. The molecule has 11 nitrogen and oxygen atoms in total. The number of carbonyl (C=O) groups is 2. The predicted octanol–water partition coefficient (Wildman–Crippen LogP) is 5.31. The van der Waals surface area contributed by atoms with Gasteiger partial charge in [0.15, 0.2) is 5.69 Å². The molecule has 2 aromatic carbocycles. The van der Waals surface area contributed by atoms with Gasteiger partial charge in [0.05, 0.1) is 21.8 Å². The van der Waals surface area contributed by atoms with E-state index in [1.807, 2.05) is 24.1 Å². The molecule has 1 saturated heterocycles. The van der Waals surface area contributed by atoms with E-state index in [1.165, 1.54) is 0 Å². The van der Waals surface area contributed by atoms with Crippen LogP contribution in [0, 0.1) is 17.0 Å². The number of amides is 1. The molecule has 4 rings (SSSR count). The number of rotatable bonds is 10. The number of hydrogen-bond donors (Lipinski definition) is 1. The van der Waals surface area contributed by atoms with Gasteiger partial charge in [-0.2, -0.15) is 5.10 Å². The Hall–Kier alpha value is -3.67. The van der Waals surface area contributed by atoms with Gasteiger partial charge >= 0.3 is 5.97 Å². The van der Waals surface area contributed by atoms with Crippen LogP contribution in [0.2, 0.25) is 10.0 Å². The van der Waals surface area contributed by atoms with Crippen LogP contribution >= 0.6 is 23.2 Å². The topological polar surface area (TPSA) is 129 Å². The van der Waals surface area contributed by atoms with E-state index in [0.717, 1.165) is 37.9 Å². The summed E-state index contributed by atoms with van der Waals surface area (Å²) in [6, 6.07) is 12.3. The molecule has 1 N–H and O–H groups in total. The molecule has 3 aromatic rings. The standard InChI is InChI=1S/C28H31Cl2N5O6/c1-18-24(26(36)32-33-13-5-4-6-14-33)31-34(23-12-11-21(29)17-22(23)30)25(18)19-7-9-20(10-8-19)28(2,3)27(37)40-15-16-41-35(38)39/h7-12,17H,4-6,13-16H2,1-3H3,(H,32,36). The van der Waals surface area contributed by atoms with Gasteiger partial charge in [-0.3, -0.25) is 15.0 Å². The zero-order valence-electron chi connectivity index (χ0n) is 23.0. The molecule has 1 aromatic heterocycles. The fourth-order valence-electron chi connectivity index (χ4n) is 4.67. The number of hydrazine groups is 1. The monoisotopic (exact) mass is 603 g/mol. The number of nitrogens with zero attached hydrogens (tertiary/aromatic N) is 4. The first-order valence-corrected chi connectivity index (χ1v) is 13.9. The summed E-state index contributed by atoms with van der Waals surface area (Å²) in [6.07, 6.45) is 3.17. The van der Waals surface area contributed by atoms with E-state index in [-0.39, 0.29) is 24.8 Å². The van der Waals surface area contributed by atoms with Crippen molar-refractivity contribution in [2.75, 3.05) is 26.3 Å². The van der Waals surface area contributed by atoms with E-state index in [1.54, 1.807) is 48.9 Å². The number of nitrogens with one attached hydrogen (secondary N) is 1. The maximum atomic E-state index is 13.3. The average molecular weight is 604 g/mol.